The third-order valence-corrected chi connectivity index (χ3v) is 4.64. The zero-order chi connectivity index (χ0) is 18.5. The number of aryl methyl sites for hydroxylation is 1. The van der Waals surface area contributed by atoms with Crippen LogP contribution in [0.15, 0.2) is 29.4 Å². The quantitative estimate of drug-likeness (QED) is 0.580. The molecule has 0 bridgehead atoms. The number of rotatable bonds is 2. The van der Waals surface area contributed by atoms with E-state index < -0.39 is 35.1 Å². The van der Waals surface area contributed by atoms with Crippen molar-refractivity contribution in [2.24, 2.45) is 11.0 Å². The Morgan fingerprint density at radius 2 is 1.88 bits per heavy atom. The highest BCUT2D eigenvalue weighted by Crippen LogP contribution is 2.44. The van der Waals surface area contributed by atoms with Crippen molar-refractivity contribution in [3.63, 3.8) is 0 Å². The second-order valence-electron chi connectivity index (χ2n) is 6.15. The summed E-state index contributed by atoms with van der Waals surface area (Å²) in [6.45, 7) is 4.43. The van der Waals surface area contributed by atoms with E-state index in [9.17, 15) is 19.2 Å². The van der Waals surface area contributed by atoms with E-state index in [0.29, 0.717) is 5.69 Å². The van der Waals surface area contributed by atoms with Crippen molar-refractivity contribution in [2.45, 2.75) is 26.3 Å². The van der Waals surface area contributed by atoms with Crippen LogP contribution >= 0.6 is 0 Å². The summed E-state index contributed by atoms with van der Waals surface area (Å²) in [5.41, 5.74) is -0.691. The normalized spacial score (nSPS) is 25.1. The number of fused-ring (bicyclic) bond motifs is 1. The molecule has 8 nitrogen and oxygen atoms in total. The molecule has 2 heterocycles. The molecule has 25 heavy (non-hydrogen) atoms. The number of imide groups is 1. The number of esters is 1. The lowest BCUT2D eigenvalue weighted by molar-refractivity contribution is -0.142. The first-order chi connectivity index (χ1) is 11.7. The Morgan fingerprint density at radius 1 is 1.24 bits per heavy atom. The van der Waals surface area contributed by atoms with Crippen molar-refractivity contribution in [1.29, 1.82) is 0 Å². The number of anilines is 1. The van der Waals surface area contributed by atoms with E-state index in [0.717, 1.165) is 22.6 Å². The van der Waals surface area contributed by atoms with Crippen LogP contribution in [-0.4, -0.2) is 47.1 Å². The van der Waals surface area contributed by atoms with Crippen LogP contribution in [0.3, 0.4) is 0 Å². The Morgan fingerprint density at radius 3 is 2.44 bits per heavy atom. The first-order valence-electron chi connectivity index (χ1n) is 7.66. The molecule has 2 atom stereocenters. The maximum Gasteiger partial charge on any atom is 0.355 e. The largest absolute Gasteiger partial charge is 0.464 e. The second kappa shape index (κ2) is 5.51. The summed E-state index contributed by atoms with van der Waals surface area (Å²) >= 11 is 0. The van der Waals surface area contributed by atoms with E-state index in [4.69, 9.17) is 0 Å². The fourth-order valence-corrected chi connectivity index (χ4v) is 3.39. The average molecular weight is 343 g/mol. The molecule has 0 N–H and O–H groups in total. The van der Waals surface area contributed by atoms with E-state index in [1.165, 1.54) is 13.8 Å². The van der Waals surface area contributed by atoms with Crippen molar-refractivity contribution in [3.05, 3.63) is 29.8 Å². The Balaban J connectivity index is 2.18. The number of para-hydroxylation sites is 1. The van der Waals surface area contributed by atoms with E-state index in [1.54, 1.807) is 31.2 Å². The van der Waals surface area contributed by atoms with Gasteiger partial charge in [0.1, 0.15) is 5.92 Å². The third-order valence-electron chi connectivity index (χ3n) is 4.64. The summed E-state index contributed by atoms with van der Waals surface area (Å²) in [7, 11) is 1.15. The third kappa shape index (κ3) is 2.10. The Bertz CT molecular complexity index is 846. The smallest absolute Gasteiger partial charge is 0.355 e. The molecule has 8 heteroatoms. The molecule has 2 aliphatic rings. The molecular weight excluding hydrogens is 326 g/mol. The highest BCUT2D eigenvalue weighted by molar-refractivity contribution is 6.47. The molecule has 3 amide bonds. The molecule has 0 spiro atoms. The number of hydrazone groups is 1. The minimum atomic E-state index is -1.59. The number of hydrogen-bond donors (Lipinski definition) is 0. The first kappa shape index (κ1) is 16.8. The number of methoxy groups -OCH3 is 1. The number of hydrogen-bond acceptors (Lipinski definition) is 6. The zero-order valence-corrected chi connectivity index (χ0v) is 14.3. The van der Waals surface area contributed by atoms with Crippen molar-refractivity contribution >= 4 is 35.1 Å². The first-order valence-corrected chi connectivity index (χ1v) is 7.66. The van der Waals surface area contributed by atoms with E-state index in [2.05, 4.69) is 9.84 Å². The van der Waals surface area contributed by atoms with Gasteiger partial charge in [-0.3, -0.25) is 14.4 Å². The molecule has 130 valence electrons. The predicted octanol–water partition coefficient (Wildman–Crippen LogP) is 0.634. The standard InChI is InChI=1S/C17H17N3O5/c1-9-7-5-6-8-11(9)19-14(22)12-13(15(23)25-4)18-20(10(2)21)17(12,3)16(19)24/h5-8,12H,1-4H3. The van der Waals surface area contributed by atoms with Gasteiger partial charge < -0.3 is 4.74 Å². The van der Waals surface area contributed by atoms with Gasteiger partial charge >= 0.3 is 5.97 Å². The molecule has 2 aliphatic heterocycles. The monoisotopic (exact) mass is 343 g/mol. The topological polar surface area (TPSA) is 96.3 Å². The summed E-state index contributed by atoms with van der Waals surface area (Å²) in [6, 6.07) is 6.90. The zero-order valence-electron chi connectivity index (χ0n) is 14.3. The van der Waals surface area contributed by atoms with Gasteiger partial charge in [0.25, 0.3) is 5.91 Å². The van der Waals surface area contributed by atoms with Crippen molar-refractivity contribution in [3.8, 4) is 0 Å². The van der Waals surface area contributed by atoms with Crippen LogP contribution in [0.1, 0.15) is 19.4 Å². The van der Waals surface area contributed by atoms with Gasteiger partial charge in [-0.15, -0.1) is 0 Å². The minimum Gasteiger partial charge on any atom is -0.464 e. The average Bonchev–Trinajstić information content (AvgIpc) is 2.99. The van der Waals surface area contributed by atoms with Gasteiger partial charge in [-0.2, -0.15) is 5.10 Å². The minimum absolute atomic E-state index is 0.241. The lowest BCUT2D eigenvalue weighted by atomic mass is 9.85. The predicted molar refractivity (Wildman–Crippen MR) is 87.5 cm³/mol. The molecule has 0 radical (unpaired) electrons. The van der Waals surface area contributed by atoms with E-state index >= 15 is 0 Å². The summed E-state index contributed by atoms with van der Waals surface area (Å²) in [6.07, 6.45) is 0. The number of ether oxygens (including phenoxy) is 1. The Labute approximate surface area is 144 Å². The number of amides is 3. The van der Waals surface area contributed by atoms with Gasteiger partial charge in [0.2, 0.25) is 11.8 Å². The second-order valence-corrected chi connectivity index (χ2v) is 6.15. The van der Waals surface area contributed by atoms with E-state index in [1.807, 2.05) is 0 Å². The van der Waals surface area contributed by atoms with Crippen LogP contribution in [0.25, 0.3) is 0 Å². The van der Waals surface area contributed by atoms with Crippen LogP contribution in [0.5, 0.6) is 0 Å². The van der Waals surface area contributed by atoms with Crippen LogP contribution in [0, 0.1) is 12.8 Å². The molecule has 3 rings (SSSR count). The summed E-state index contributed by atoms with van der Waals surface area (Å²) < 4.78 is 4.67. The van der Waals surface area contributed by atoms with Crippen molar-refractivity contribution < 1.29 is 23.9 Å². The van der Waals surface area contributed by atoms with Gasteiger partial charge in [0.05, 0.1) is 12.8 Å². The lowest BCUT2D eigenvalue weighted by Gasteiger charge is -2.29. The highest BCUT2D eigenvalue weighted by atomic mass is 16.5. The number of carbonyl (C=O) groups excluding carboxylic acids is 4. The number of nitrogens with zero attached hydrogens (tertiary/aromatic N) is 3. The lowest BCUT2D eigenvalue weighted by Crippen LogP contribution is -2.52. The molecule has 1 aromatic carbocycles. The molecule has 1 saturated heterocycles. The fraction of sp³-hybridized carbons (Fsp3) is 0.353. The summed E-state index contributed by atoms with van der Waals surface area (Å²) in [5.74, 6) is -3.78. The van der Waals surface area contributed by atoms with Crippen molar-refractivity contribution in [1.82, 2.24) is 5.01 Å². The maximum absolute atomic E-state index is 13.1. The Kier molecular flexibility index (Phi) is 3.70. The molecule has 0 aromatic heterocycles. The fourth-order valence-electron chi connectivity index (χ4n) is 3.39. The number of carbonyl (C=O) groups is 4. The summed E-state index contributed by atoms with van der Waals surface area (Å²) in [4.78, 5) is 51.2. The highest BCUT2D eigenvalue weighted by Gasteiger charge is 2.67. The number of benzene rings is 1. The molecule has 1 fully saturated rings. The van der Waals surface area contributed by atoms with Crippen molar-refractivity contribution in [2.75, 3.05) is 12.0 Å². The van der Waals surface area contributed by atoms with Gasteiger partial charge in [0, 0.05) is 6.92 Å². The van der Waals surface area contributed by atoms with Gasteiger partial charge in [-0.05, 0) is 25.5 Å². The van der Waals surface area contributed by atoms with Crippen LogP contribution in [0.2, 0.25) is 0 Å². The van der Waals surface area contributed by atoms with Crippen LogP contribution < -0.4 is 4.90 Å². The Hall–Kier alpha value is -3.03. The summed E-state index contributed by atoms with van der Waals surface area (Å²) in [5, 5.41) is 4.83. The molecule has 0 saturated carbocycles. The van der Waals surface area contributed by atoms with Gasteiger partial charge in [-0.1, -0.05) is 18.2 Å². The van der Waals surface area contributed by atoms with Crippen LogP contribution in [-0.2, 0) is 23.9 Å². The molecular formula is C17H17N3O5. The van der Waals surface area contributed by atoms with Crippen LogP contribution in [0.4, 0.5) is 5.69 Å². The SMILES string of the molecule is COC(=O)C1=NN(C(C)=O)C2(C)C(=O)N(c3ccccc3C)C(=O)C12. The van der Waals surface area contributed by atoms with Gasteiger partial charge in [-0.25, -0.2) is 14.7 Å². The molecule has 1 aromatic rings. The van der Waals surface area contributed by atoms with E-state index in [-0.39, 0.29) is 5.71 Å². The molecule has 0 aliphatic carbocycles. The van der Waals surface area contributed by atoms with Gasteiger partial charge in [0.15, 0.2) is 11.3 Å². The molecule has 2 unspecified atom stereocenters. The maximum atomic E-state index is 13.1.